The van der Waals surface area contributed by atoms with Gasteiger partial charge in [0.1, 0.15) is 0 Å². The topological polar surface area (TPSA) is 71.1 Å². The molecular weight excluding hydrogens is 300 g/mol. The fraction of sp³-hybridized carbons (Fsp3) is 0.647. The molecule has 0 aliphatic heterocycles. The van der Waals surface area contributed by atoms with Crippen molar-refractivity contribution >= 4 is 11.9 Å². The first-order valence-corrected chi connectivity index (χ1v) is 7.82. The number of hydrogen-bond donors (Lipinski definition) is 0. The van der Waals surface area contributed by atoms with Crippen molar-refractivity contribution in [3.05, 3.63) is 24.3 Å². The lowest BCUT2D eigenvalue weighted by Gasteiger charge is -2.15. The highest BCUT2D eigenvalue weighted by molar-refractivity contribution is 5.88. The van der Waals surface area contributed by atoms with Gasteiger partial charge in [-0.2, -0.15) is 0 Å². The van der Waals surface area contributed by atoms with E-state index >= 15 is 0 Å². The fourth-order valence-corrected chi connectivity index (χ4v) is 1.72. The van der Waals surface area contributed by atoms with E-state index in [1.54, 1.807) is 13.8 Å². The first-order valence-electron chi connectivity index (χ1n) is 7.82. The van der Waals surface area contributed by atoms with Gasteiger partial charge >= 0.3 is 11.9 Å². The smallest absolute Gasteiger partial charge is 0.335 e. The summed E-state index contributed by atoms with van der Waals surface area (Å²) in [6, 6.07) is 0. The monoisotopic (exact) mass is 328 g/mol. The van der Waals surface area contributed by atoms with Crippen molar-refractivity contribution in [2.24, 2.45) is 0 Å². The Morgan fingerprint density at radius 1 is 0.826 bits per heavy atom. The van der Waals surface area contributed by atoms with Crippen LogP contribution < -0.4 is 0 Å². The summed E-state index contributed by atoms with van der Waals surface area (Å²) in [5.41, 5.74) is 0.667. The third-order valence-corrected chi connectivity index (χ3v) is 2.88. The molecule has 2 unspecified atom stereocenters. The molecule has 0 aliphatic carbocycles. The summed E-state index contributed by atoms with van der Waals surface area (Å²) in [5, 5.41) is 0. The average Bonchev–Trinajstić information content (AvgIpc) is 2.47. The van der Waals surface area contributed by atoms with Crippen molar-refractivity contribution in [2.45, 2.75) is 59.5 Å². The lowest BCUT2D eigenvalue weighted by atomic mass is 10.1. The molecule has 0 aliphatic rings. The normalized spacial score (nSPS) is 13.0. The molecule has 0 fully saturated rings. The van der Waals surface area contributed by atoms with Crippen molar-refractivity contribution in [3.8, 4) is 0 Å². The van der Waals surface area contributed by atoms with Crippen LogP contribution in [0.1, 0.15) is 47.0 Å². The molecule has 23 heavy (non-hydrogen) atoms. The summed E-state index contributed by atoms with van der Waals surface area (Å²) in [5.74, 6) is -0.992. The minimum absolute atomic E-state index is 0.334. The van der Waals surface area contributed by atoms with Gasteiger partial charge in [0, 0.05) is 24.4 Å². The van der Waals surface area contributed by atoms with E-state index < -0.39 is 24.5 Å². The number of esters is 2. The second-order valence-corrected chi connectivity index (χ2v) is 4.92. The van der Waals surface area contributed by atoms with E-state index in [0.717, 1.165) is 0 Å². The molecule has 0 radical (unpaired) electrons. The zero-order chi connectivity index (χ0) is 17.8. The maximum absolute atomic E-state index is 11.7. The second-order valence-electron chi connectivity index (χ2n) is 4.92. The van der Waals surface area contributed by atoms with Crippen LogP contribution in [-0.4, -0.2) is 37.7 Å². The molecule has 0 heterocycles. The number of hydrogen-bond acceptors (Lipinski definition) is 6. The molecule has 132 valence electrons. The third kappa shape index (κ3) is 9.86. The standard InChI is InChI=1S/C17H28O6/c1-7-20-14(5)22-16(18)12(3)10-9-11-13(4)17(19)23-15(6)21-8-2/h14-15H,3-4,7-11H2,1-2,5-6H3. The molecule has 0 spiro atoms. The van der Waals surface area contributed by atoms with E-state index in [0.29, 0.717) is 43.6 Å². The summed E-state index contributed by atoms with van der Waals surface area (Å²) in [6.45, 7) is 15.2. The van der Waals surface area contributed by atoms with Gasteiger partial charge in [-0.3, -0.25) is 0 Å². The highest BCUT2D eigenvalue weighted by Gasteiger charge is 2.15. The number of carbonyl (C=O) groups is 2. The van der Waals surface area contributed by atoms with E-state index in [4.69, 9.17) is 18.9 Å². The Balaban J connectivity index is 4.04. The highest BCUT2D eigenvalue weighted by Crippen LogP contribution is 2.14. The van der Waals surface area contributed by atoms with Crippen LogP contribution in [0, 0.1) is 0 Å². The predicted molar refractivity (Wildman–Crippen MR) is 86.5 cm³/mol. The van der Waals surface area contributed by atoms with Crippen LogP contribution in [0.5, 0.6) is 0 Å². The minimum Gasteiger partial charge on any atom is -0.433 e. The summed E-state index contributed by atoms with van der Waals surface area (Å²) in [6.07, 6.45) is 0.160. The summed E-state index contributed by atoms with van der Waals surface area (Å²) >= 11 is 0. The zero-order valence-electron chi connectivity index (χ0n) is 14.6. The molecule has 0 saturated carbocycles. The number of carbonyl (C=O) groups excluding carboxylic acids is 2. The lowest BCUT2D eigenvalue weighted by Crippen LogP contribution is -2.20. The first kappa shape index (κ1) is 21.3. The van der Waals surface area contributed by atoms with E-state index in [2.05, 4.69) is 13.2 Å². The molecule has 0 rings (SSSR count). The maximum Gasteiger partial charge on any atom is 0.335 e. The Morgan fingerprint density at radius 2 is 1.17 bits per heavy atom. The van der Waals surface area contributed by atoms with Crippen LogP contribution in [0.3, 0.4) is 0 Å². The molecule has 0 amide bonds. The molecule has 6 nitrogen and oxygen atoms in total. The van der Waals surface area contributed by atoms with Gasteiger partial charge in [-0.25, -0.2) is 9.59 Å². The molecule has 0 aromatic heterocycles. The van der Waals surface area contributed by atoms with Crippen molar-refractivity contribution in [1.82, 2.24) is 0 Å². The fourth-order valence-electron chi connectivity index (χ4n) is 1.72. The zero-order valence-corrected chi connectivity index (χ0v) is 14.6. The van der Waals surface area contributed by atoms with Crippen LogP contribution in [-0.2, 0) is 28.5 Å². The molecule has 0 aromatic carbocycles. The SMILES string of the molecule is C=C(CCCC(=C)C(=O)OC(C)OCC)C(=O)OC(C)OCC. The van der Waals surface area contributed by atoms with Gasteiger partial charge in [0.2, 0.25) is 0 Å². The molecular formula is C17H28O6. The van der Waals surface area contributed by atoms with Gasteiger partial charge in [0.05, 0.1) is 0 Å². The van der Waals surface area contributed by atoms with Gasteiger partial charge in [-0.1, -0.05) is 13.2 Å². The van der Waals surface area contributed by atoms with Crippen LogP contribution in [0.15, 0.2) is 24.3 Å². The largest absolute Gasteiger partial charge is 0.433 e. The Bertz CT molecular complexity index is 377. The number of rotatable bonds is 12. The van der Waals surface area contributed by atoms with Gasteiger partial charge in [0.15, 0.2) is 12.6 Å². The van der Waals surface area contributed by atoms with Crippen LogP contribution in [0.4, 0.5) is 0 Å². The molecule has 0 aromatic rings. The maximum atomic E-state index is 11.7. The Hall–Kier alpha value is -1.66. The van der Waals surface area contributed by atoms with Gasteiger partial charge < -0.3 is 18.9 Å². The van der Waals surface area contributed by atoms with Gasteiger partial charge in [-0.15, -0.1) is 0 Å². The van der Waals surface area contributed by atoms with E-state index in [-0.39, 0.29) is 0 Å². The summed E-state index contributed by atoms with van der Waals surface area (Å²) in [7, 11) is 0. The lowest BCUT2D eigenvalue weighted by molar-refractivity contribution is -0.170. The van der Waals surface area contributed by atoms with Crippen LogP contribution in [0.25, 0.3) is 0 Å². The Morgan fingerprint density at radius 3 is 1.48 bits per heavy atom. The molecule has 6 heteroatoms. The highest BCUT2D eigenvalue weighted by atomic mass is 16.7. The second kappa shape index (κ2) is 11.8. The molecule has 0 bridgehead atoms. The Labute approximate surface area is 138 Å². The first-order chi connectivity index (χ1) is 10.8. The predicted octanol–water partition coefficient (Wildman–Crippen LogP) is 3.12. The van der Waals surface area contributed by atoms with Crippen molar-refractivity contribution < 1.29 is 28.5 Å². The molecule has 0 saturated heterocycles. The van der Waals surface area contributed by atoms with Crippen molar-refractivity contribution in [3.63, 3.8) is 0 Å². The van der Waals surface area contributed by atoms with Gasteiger partial charge in [0.25, 0.3) is 0 Å². The van der Waals surface area contributed by atoms with E-state index in [1.165, 1.54) is 0 Å². The van der Waals surface area contributed by atoms with E-state index in [9.17, 15) is 9.59 Å². The third-order valence-electron chi connectivity index (χ3n) is 2.88. The van der Waals surface area contributed by atoms with Crippen molar-refractivity contribution in [1.29, 1.82) is 0 Å². The minimum atomic E-state index is -0.603. The molecule has 0 N–H and O–H groups in total. The van der Waals surface area contributed by atoms with Crippen molar-refractivity contribution in [2.75, 3.05) is 13.2 Å². The summed E-state index contributed by atoms with van der Waals surface area (Å²) < 4.78 is 20.3. The summed E-state index contributed by atoms with van der Waals surface area (Å²) in [4.78, 5) is 23.4. The Kier molecular flexibility index (Phi) is 11.0. The molecule has 2 atom stereocenters. The average molecular weight is 328 g/mol. The quantitative estimate of drug-likeness (QED) is 0.311. The van der Waals surface area contributed by atoms with Gasteiger partial charge in [-0.05, 0) is 47.0 Å². The number of ether oxygens (including phenoxy) is 4. The van der Waals surface area contributed by atoms with E-state index in [1.807, 2.05) is 13.8 Å². The van der Waals surface area contributed by atoms with Crippen LogP contribution >= 0.6 is 0 Å². The van der Waals surface area contributed by atoms with Crippen LogP contribution in [0.2, 0.25) is 0 Å².